The molecule has 0 unspecified atom stereocenters. The van der Waals surface area contributed by atoms with E-state index in [0.29, 0.717) is 5.41 Å². The van der Waals surface area contributed by atoms with Crippen LogP contribution in [0.1, 0.15) is 20.3 Å². The molecule has 0 amide bonds. The lowest BCUT2D eigenvalue weighted by atomic mass is 10.2. The lowest BCUT2D eigenvalue weighted by molar-refractivity contribution is 0.575. The molecule has 1 atom stereocenters. The molecule has 1 heteroatoms. The molecule has 1 saturated carbocycles. The van der Waals surface area contributed by atoms with Gasteiger partial charge in [-0.05, 0) is 18.9 Å². The molecule has 0 spiro atoms. The van der Waals surface area contributed by atoms with Crippen LogP contribution in [0.15, 0.2) is 0 Å². The topological polar surface area (TPSA) is 12.0 Å². The van der Waals surface area contributed by atoms with E-state index >= 15 is 0 Å². The number of nitrogens with one attached hydrogen (secondary N) is 1. The van der Waals surface area contributed by atoms with Gasteiger partial charge in [-0.15, -0.1) is 0 Å². The van der Waals surface area contributed by atoms with Gasteiger partial charge in [0.05, 0.1) is 0 Å². The van der Waals surface area contributed by atoms with E-state index in [0.717, 1.165) is 6.04 Å². The Balaban J connectivity index is 2.30. The molecule has 0 saturated heterocycles. The molecule has 7 heavy (non-hydrogen) atoms. The second-order valence-corrected chi connectivity index (χ2v) is 3.03. The maximum atomic E-state index is 3.23. The first kappa shape index (κ1) is 5.10. The summed E-state index contributed by atoms with van der Waals surface area (Å²) in [6, 6.07) is 0.799. The fourth-order valence-corrected chi connectivity index (χ4v) is 0.960. The summed E-state index contributed by atoms with van der Waals surface area (Å²) in [6.07, 6.45) is 1.35. The van der Waals surface area contributed by atoms with Crippen LogP contribution < -0.4 is 5.32 Å². The Hall–Kier alpha value is -0.0400. The van der Waals surface area contributed by atoms with Crippen molar-refractivity contribution in [3.05, 3.63) is 0 Å². The molecule has 0 aromatic heterocycles. The molecule has 42 valence electrons. The summed E-state index contributed by atoms with van der Waals surface area (Å²) >= 11 is 0. The smallest absolute Gasteiger partial charge is 0.0121 e. The normalized spacial score (nSPS) is 35.6. The van der Waals surface area contributed by atoms with Crippen LogP contribution in [0.2, 0.25) is 0 Å². The lowest BCUT2D eigenvalue weighted by Gasteiger charge is -1.97. The molecule has 0 radical (unpaired) electrons. The number of rotatable bonds is 1. The summed E-state index contributed by atoms with van der Waals surface area (Å²) in [5, 5.41) is 3.23. The molecular weight excluding hydrogens is 86.1 g/mol. The van der Waals surface area contributed by atoms with Crippen LogP contribution in [0.4, 0.5) is 0 Å². The first-order valence-corrected chi connectivity index (χ1v) is 2.84. The first-order valence-electron chi connectivity index (χ1n) is 2.84. The largest absolute Gasteiger partial charge is 0.316 e. The number of hydrogen-bond acceptors (Lipinski definition) is 1. The minimum Gasteiger partial charge on any atom is -0.316 e. The van der Waals surface area contributed by atoms with Gasteiger partial charge in [-0.25, -0.2) is 0 Å². The maximum Gasteiger partial charge on any atom is 0.0121 e. The summed E-state index contributed by atoms with van der Waals surface area (Å²) in [4.78, 5) is 0. The summed E-state index contributed by atoms with van der Waals surface area (Å²) in [6.45, 7) is 4.57. The first-order chi connectivity index (χ1) is 3.17. The molecule has 1 fully saturated rings. The van der Waals surface area contributed by atoms with Gasteiger partial charge < -0.3 is 5.32 Å². The van der Waals surface area contributed by atoms with Gasteiger partial charge in [0.1, 0.15) is 0 Å². The predicted octanol–water partition coefficient (Wildman–Crippen LogP) is 1.00. The third kappa shape index (κ3) is 0.778. The lowest BCUT2D eigenvalue weighted by Crippen LogP contribution is -2.13. The molecule has 0 bridgehead atoms. The molecule has 0 aromatic rings. The van der Waals surface area contributed by atoms with Gasteiger partial charge in [-0.2, -0.15) is 0 Å². The van der Waals surface area contributed by atoms with Gasteiger partial charge >= 0.3 is 0 Å². The fourth-order valence-electron chi connectivity index (χ4n) is 0.960. The van der Waals surface area contributed by atoms with Gasteiger partial charge in [0.25, 0.3) is 0 Å². The van der Waals surface area contributed by atoms with Crippen LogP contribution in [-0.4, -0.2) is 13.1 Å². The Morgan fingerprint density at radius 1 is 1.57 bits per heavy atom. The van der Waals surface area contributed by atoms with Crippen molar-refractivity contribution in [1.29, 1.82) is 0 Å². The van der Waals surface area contributed by atoms with E-state index in [1.807, 2.05) is 7.05 Å². The van der Waals surface area contributed by atoms with Gasteiger partial charge in [0.2, 0.25) is 0 Å². The Kier molecular flexibility index (Phi) is 0.890. The molecule has 0 aliphatic heterocycles. The van der Waals surface area contributed by atoms with E-state index < -0.39 is 0 Å². The van der Waals surface area contributed by atoms with Crippen LogP contribution in [0.3, 0.4) is 0 Å². The van der Waals surface area contributed by atoms with Crippen LogP contribution in [0.25, 0.3) is 0 Å². The zero-order valence-corrected chi connectivity index (χ0v) is 5.28. The molecule has 1 aliphatic rings. The van der Waals surface area contributed by atoms with E-state index in [1.54, 1.807) is 0 Å². The molecule has 1 aliphatic carbocycles. The van der Waals surface area contributed by atoms with Gasteiger partial charge in [-0.3, -0.25) is 0 Å². The van der Waals surface area contributed by atoms with Gasteiger partial charge in [-0.1, -0.05) is 13.8 Å². The molecule has 0 aromatic carbocycles. The minimum atomic E-state index is 0.606. The highest BCUT2D eigenvalue weighted by Crippen LogP contribution is 2.44. The Bertz CT molecular complexity index is 76.2. The fraction of sp³-hybridized carbons (Fsp3) is 1.00. The van der Waals surface area contributed by atoms with Crippen LogP contribution in [0.5, 0.6) is 0 Å². The zero-order chi connectivity index (χ0) is 5.49. The Morgan fingerprint density at radius 3 is 2.00 bits per heavy atom. The molecule has 1 rings (SSSR count). The average Bonchev–Trinajstić information content (AvgIpc) is 2.13. The van der Waals surface area contributed by atoms with Crippen molar-refractivity contribution in [3.63, 3.8) is 0 Å². The minimum absolute atomic E-state index is 0.606. The summed E-state index contributed by atoms with van der Waals surface area (Å²) in [7, 11) is 2.03. The van der Waals surface area contributed by atoms with E-state index in [2.05, 4.69) is 19.2 Å². The monoisotopic (exact) mass is 99.1 g/mol. The predicted molar refractivity (Wildman–Crippen MR) is 31.2 cm³/mol. The summed E-state index contributed by atoms with van der Waals surface area (Å²) in [5.41, 5.74) is 0.606. The van der Waals surface area contributed by atoms with Crippen LogP contribution in [0, 0.1) is 5.41 Å². The van der Waals surface area contributed by atoms with E-state index in [4.69, 9.17) is 0 Å². The van der Waals surface area contributed by atoms with E-state index in [-0.39, 0.29) is 0 Å². The van der Waals surface area contributed by atoms with E-state index in [1.165, 1.54) is 6.42 Å². The average molecular weight is 99.2 g/mol. The second kappa shape index (κ2) is 1.22. The zero-order valence-electron chi connectivity index (χ0n) is 5.28. The van der Waals surface area contributed by atoms with Crippen molar-refractivity contribution < 1.29 is 0 Å². The van der Waals surface area contributed by atoms with E-state index in [9.17, 15) is 0 Å². The van der Waals surface area contributed by atoms with Crippen molar-refractivity contribution >= 4 is 0 Å². The van der Waals surface area contributed by atoms with Crippen LogP contribution >= 0.6 is 0 Å². The second-order valence-electron chi connectivity index (χ2n) is 3.03. The summed E-state index contributed by atoms with van der Waals surface area (Å²) < 4.78 is 0. The standard InChI is InChI=1S/C6H13N/c1-6(2)4-5(6)7-3/h5,7H,4H2,1-3H3/t5-/m1/s1. The highest BCUT2D eigenvalue weighted by molar-refractivity contribution is 5.00. The van der Waals surface area contributed by atoms with Crippen molar-refractivity contribution in [3.8, 4) is 0 Å². The van der Waals surface area contributed by atoms with Crippen molar-refractivity contribution in [1.82, 2.24) is 5.32 Å². The van der Waals surface area contributed by atoms with Crippen LogP contribution in [-0.2, 0) is 0 Å². The molecular formula is C6H13N. The maximum absolute atomic E-state index is 3.23. The summed E-state index contributed by atoms with van der Waals surface area (Å²) in [5.74, 6) is 0. The highest BCUT2D eigenvalue weighted by Gasteiger charge is 2.44. The quantitative estimate of drug-likeness (QED) is 0.517. The van der Waals surface area contributed by atoms with Gasteiger partial charge in [0.15, 0.2) is 0 Å². The SMILES string of the molecule is CN[C@@H]1CC1(C)C. The Morgan fingerprint density at radius 2 is 2.00 bits per heavy atom. The molecule has 1 nitrogen and oxygen atoms in total. The Labute approximate surface area is 45.1 Å². The number of hydrogen-bond donors (Lipinski definition) is 1. The third-order valence-corrected chi connectivity index (χ3v) is 1.86. The molecule has 0 heterocycles. The third-order valence-electron chi connectivity index (χ3n) is 1.86. The van der Waals surface area contributed by atoms with Crippen molar-refractivity contribution in [2.24, 2.45) is 5.41 Å². The van der Waals surface area contributed by atoms with Crippen molar-refractivity contribution in [2.45, 2.75) is 26.3 Å². The van der Waals surface area contributed by atoms with Gasteiger partial charge in [0, 0.05) is 6.04 Å². The molecule has 1 N–H and O–H groups in total. The van der Waals surface area contributed by atoms with Crippen molar-refractivity contribution in [2.75, 3.05) is 7.05 Å². The highest BCUT2D eigenvalue weighted by atomic mass is 15.0.